The second-order valence-corrected chi connectivity index (χ2v) is 13.0. The van der Waals surface area contributed by atoms with Crippen molar-refractivity contribution in [1.29, 1.82) is 0 Å². The van der Waals surface area contributed by atoms with Crippen molar-refractivity contribution in [3.63, 3.8) is 0 Å². The maximum absolute atomic E-state index is 14.7. The van der Waals surface area contributed by atoms with Crippen LogP contribution < -0.4 is 19.7 Å². The van der Waals surface area contributed by atoms with Gasteiger partial charge in [0.1, 0.15) is 11.9 Å². The molecule has 0 spiro atoms. The molecule has 1 aromatic heterocycles. The Morgan fingerprint density at radius 2 is 1.98 bits per heavy atom. The maximum Gasteiger partial charge on any atom is 0.393 e. The maximum atomic E-state index is 14.7. The molecule has 2 atom stereocenters. The third kappa shape index (κ3) is 7.55. The molecule has 1 fully saturated rings. The van der Waals surface area contributed by atoms with E-state index in [4.69, 9.17) is 4.74 Å². The van der Waals surface area contributed by atoms with Gasteiger partial charge in [-0.25, -0.2) is 12.8 Å². The Morgan fingerprint density at radius 1 is 1.22 bits per heavy atom. The Balaban J connectivity index is 1.59. The molecule has 1 aliphatic heterocycles. The van der Waals surface area contributed by atoms with Gasteiger partial charge in [-0.2, -0.15) is 13.2 Å². The van der Waals surface area contributed by atoms with Crippen LogP contribution in [-0.2, 0) is 16.4 Å². The molecule has 0 aliphatic carbocycles. The van der Waals surface area contributed by atoms with E-state index in [9.17, 15) is 26.0 Å². The zero-order chi connectivity index (χ0) is 29.9. The van der Waals surface area contributed by atoms with E-state index in [1.54, 1.807) is 36.4 Å². The smallest absolute Gasteiger partial charge is 0.393 e. The minimum Gasteiger partial charge on any atom is -0.495 e. The average molecular weight is 613 g/mol. The predicted molar refractivity (Wildman–Crippen MR) is 158 cm³/mol. The van der Waals surface area contributed by atoms with E-state index in [1.165, 1.54) is 14.2 Å². The van der Waals surface area contributed by atoms with Gasteiger partial charge >= 0.3 is 6.18 Å². The van der Waals surface area contributed by atoms with Gasteiger partial charge in [0.2, 0.25) is 10.0 Å². The van der Waals surface area contributed by atoms with Crippen LogP contribution >= 0.6 is 11.3 Å². The number of hydrogen-bond acceptors (Lipinski definition) is 7. The van der Waals surface area contributed by atoms with Crippen LogP contribution in [0.3, 0.4) is 0 Å². The second kappa shape index (κ2) is 12.3. The van der Waals surface area contributed by atoms with Crippen LogP contribution in [-0.4, -0.2) is 78.8 Å². The van der Waals surface area contributed by atoms with Crippen LogP contribution in [0.25, 0.3) is 10.1 Å². The van der Waals surface area contributed by atoms with Crippen molar-refractivity contribution >= 4 is 48.5 Å². The van der Waals surface area contributed by atoms with Gasteiger partial charge < -0.3 is 20.3 Å². The molecule has 0 amide bonds. The molecule has 4 rings (SSSR count). The van der Waals surface area contributed by atoms with Gasteiger partial charge in [-0.3, -0.25) is 4.31 Å². The van der Waals surface area contributed by atoms with E-state index in [0.29, 0.717) is 50.7 Å². The van der Waals surface area contributed by atoms with E-state index in [2.05, 4.69) is 22.5 Å². The summed E-state index contributed by atoms with van der Waals surface area (Å²) in [7, 11) is 1.27. The Hall–Kier alpha value is -3.21. The number of anilines is 3. The van der Waals surface area contributed by atoms with E-state index < -0.39 is 34.8 Å². The molecule has 7 nitrogen and oxygen atoms in total. The van der Waals surface area contributed by atoms with Gasteiger partial charge in [0.25, 0.3) is 0 Å². The fraction of sp³-hybridized carbons (Fsp3) is 0.429. The molecule has 2 heterocycles. The first kappa shape index (κ1) is 30.7. The molecule has 0 bridgehead atoms. The Kier molecular flexibility index (Phi) is 9.25. The molecule has 0 saturated carbocycles. The lowest BCUT2D eigenvalue weighted by molar-refractivity contribution is -0.126. The van der Waals surface area contributed by atoms with E-state index in [-0.39, 0.29) is 12.1 Å². The normalized spacial score (nSPS) is 18.0. The van der Waals surface area contributed by atoms with Gasteiger partial charge in [0.05, 0.1) is 59.0 Å². The van der Waals surface area contributed by atoms with Crippen LogP contribution in [0.15, 0.2) is 36.4 Å². The van der Waals surface area contributed by atoms with Gasteiger partial charge in [-0.15, -0.1) is 11.3 Å². The first-order chi connectivity index (χ1) is 19.3. The quantitative estimate of drug-likeness (QED) is 0.265. The molecule has 13 heteroatoms. The fourth-order valence-electron chi connectivity index (χ4n) is 4.66. The van der Waals surface area contributed by atoms with Crippen LogP contribution in [0.4, 0.5) is 34.6 Å². The number of hydrogen-bond donors (Lipinski definition) is 2. The number of nitrogens with one attached hydrogen (secondary N) is 2. The summed E-state index contributed by atoms with van der Waals surface area (Å²) in [5, 5.41) is 6.75. The topological polar surface area (TPSA) is 73.9 Å². The Labute approximate surface area is 241 Å². The molecular weight excluding hydrogens is 580 g/mol. The Bertz CT molecular complexity index is 1560. The number of alkyl halides is 4. The number of fused-ring (bicyclic) bond motifs is 1. The number of benzene rings is 2. The van der Waals surface area contributed by atoms with Crippen molar-refractivity contribution < 1.29 is 30.7 Å². The highest BCUT2D eigenvalue weighted by atomic mass is 32.2. The van der Waals surface area contributed by atoms with Crippen LogP contribution in [0.1, 0.15) is 16.9 Å². The number of sulfonamides is 1. The van der Waals surface area contributed by atoms with Crippen molar-refractivity contribution in [1.82, 2.24) is 4.90 Å². The number of nitrogens with zero attached hydrogens (tertiary/aromatic N) is 2. The number of halogens is 4. The van der Waals surface area contributed by atoms with Crippen LogP contribution in [0.5, 0.6) is 5.75 Å². The summed E-state index contributed by atoms with van der Waals surface area (Å²) >= 11 is 1.16. The van der Waals surface area contributed by atoms with Gasteiger partial charge in [-0.1, -0.05) is 24.0 Å². The third-order valence-electron chi connectivity index (χ3n) is 6.90. The number of ether oxygens (including phenoxy) is 1. The monoisotopic (exact) mass is 612 g/mol. The largest absolute Gasteiger partial charge is 0.495 e. The molecule has 1 saturated heterocycles. The van der Waals surface area contributed by atoms with Crippen LogP contribution in [0, 0.1) is 11.8 Å². The molecule has 0 radical (unpaired) electrons. The standard InChI is InChI=1S/C28H32F4N4O3S2/c1-35-14-12-22(21(29)17-35)34-24-8-5-7-19-20(16-28(30,31)32)26(40-27(19)24)9-6-13-33-23-11-10-18(15-25(23)39-3)36(2)41(4,37)38/h5,7-8,10-11,15,21-22,33-34H,12-14,16-17H2,1-4H3. The minimum absolute atomic E-state index is 0.0968. The highest BCUT2D eigenvalue weighted by Gasteiger charge is 2.32. The number of piperidine rings is 1. The summed E-state index contributed by atoms with van der Waals surface area (Å²) < 4.78 is 86.2. The first-order valence-electron chi connectivity index (χ1n) is 12.8. The lowest BCUT2D eigenvalue weighted by Gasteiger charge is -2.33. The summed E-state index contributed by atoms with van der Waals surface area (Å²) in [6.07, 6.45) is -4.98. The van der Waals surface area contributed by atoms with Crippen molar-refractivity contribution in [3.8, 4) is 17.6 Å². The zero-order valence-corrected chi connectivity index (χ0v) is 24.7. The lowest BCUT2D eigenvalue weighted by atomic mass is 10.0. The molecule has 222 valence electrons. The number of rotatable bonds is 8. The molecular formula is C28H32F4N4O3S2. The van der Waals surface area contributed by atoms with E-state index >= 15 is 0 Å². The van der Waals surface area contributed by atoms with Crippen molar-refractivity contribution in [2.75, 3.05) is 62.0 Å². The molecule has 2 aromatic carbocycles. The number of thiophene rings is 1. The number of likely N-dealkylation sites (tertiary alicyclic amines) is 1. The molecule has 41 heavy (non-hydrogen) atoms. The minimum atomic E-state index is -4.43. The van der Waals surface area contributed by atoms with Crippen molar-refractivity contribution in [3.05, 3.63) is 46.8 Å². The van der Waals surface area contributed by atoms with Gasteiger partial charge in [-0.05, 0) is 42.6 Å². The fourth-order valence-corrected chi connectivity index (χ4v) is 6.32. The highest BCUT2D eigenvalue weighted by molar-refractivity contribution is 7.92. The SMILES string of the molecule is COc1cc(N(C)S(C)(=O)=O)ccc1NCC#Cc1sc2c(NC3CCN(C)CC3F)cccc2c1CC(F)(F)F. The summed E-state index contributed by atoms with van der Waals surface area (Å²) in [5.74, 6) is 6.18. The lowest BCUT2D eigenvalue weighted by Crippen LogP contribution is -2.46. The van der Waals surface area contributed by atoms with E-state index in [1.807, 2.05) is 11.9 Å². The van der Waals surface area contributed by atoms with E-state index in [0.717, 1.165) is 28.4 Å². The zero-order valence-electron chi connectivity index (χ0n) is 23.1. The molecule has 3 aromatic rings. The average Bonchev–Trinajstić information content (AvgIpc) is 3.23. The molecule has 1 aliphatic rings. The summed E-state index contributed by atoms with van der Waals surface area (Å²) in [6, 6.07) is 9.46. The molecule has 2 unspecified atom stereocenters. The van der Waals surface area contributed by atoms with Crippen LogP contribution in [0.2, 0.25) is 0 Å². The van der Waals surface area contributed by atoms with Crippen molar-refractivity contribution in [2.24, 2.45) is 0 Å². The van der Waals surface area contributed by atoms with Crippen molar-refractivity contribution in [2.45, 2.75) is 31.2 Å². The summed E-state index contributed by atoms with van der Waals surface area (Å²) in [5.41, 5.74) is 1.65. The summed E-state index contributed by atoms with van der Waals surface area (Å²) in [4.78, 5) is 2.21. The summed E-state index contributed by atoms with van der Waals surface area (Å²) in [6.45, 7) is 1.12. The molecule has 2 N–H and O–H groups in total. The number of methoxy groups -OCH3 is 1. The highest BCUT2D eigenvalue weighted by Crippen LogP contribution is 2.39. The Morgan fingerprint density at radius 3 is 2.63 bits per heavy atom. The second-order valence-electron chi connectivity index (χ2n) is 9.97. The third-order valence-corrected chi connectivity index (χ3v) is 9.30. The van der Waals surface area contributed by atoms with Gasteiger partial charge in [0.15, 0.2) is 0 Å². The van der Waals surface area contributed by atoms with Gasteiger partial charge in [0, 0.05) is 26.2 Å². The predicted octanol–water partition coefficient (Wildman–Crippen LogP) is 5.33. The first-order valence-corrected chi connectivity index (χ1v) is 15.5.